The minimum absolute atomic E-state index is 0.00632. The number of ether oxygens (including phenoxy) is 2. The lowest BCUT2D eigenvalue weighted by atomic mass is 10.0. The van der Waals surface area contributed by atoms with Crippen molar-refractivity contribution in [2.45, 2.75) is 199 Å². The number of phosphoric acid groups is 1. The number of nitrogens with two attached hydrogens (primary N) is 1. The molecular formula is C47H84NO9P. The van der Waals surface area contributed by atoms with Gasteiger partial charge >= 0.3 is 19.8 Å². The Balaban J connectivity index is 4.23. The Kier molecular flexibility index (Phi) is 41.1. The Labute approximate surface area is 353 Å². The van der Waals surface area contributed by atoms with Crippen LogP contribution in [0.2, 0.25) is 0 Å². The SMILES string of the molecule is CC/C=C\C/C=C\C/C=C\C/C=C\C/C=C\CCCCCCCCOCC(COP(=O)(O)OCC(N)C(=O)O)OC(=O)CCCCCCCCCCCCCCCC. The van der Waals surface area contributed by atoms with Gasteiger partial charge in [0, 0.05) is 13.0 Å². The van der Waals surface area contributed by atoms with Crippen LogP contribution < -0.4 is 5.73 Å². The first-order chi connectivity index (χ1) is 28.2. The van der Waals surface area contributed by atoms with E-state index < -0.39 is 45.1 Å². The molecule has 3 unspecified atom stereocenters. The molecule has 0 aliphatic heterocycles. The lowest BCUT2D eigenvalue weighted by molar-refractivity contribution is -0.154. The third-order valence-electron chi connectivity index (χ3n) is 9.56. The van der Waals surface area contributed by atoms with E-state index in [1.807, 2.05) is 0 Å². The molecule has 0 rings (SSSR count). The molecule has 0 fully saturated rings. The standard InChI is InChI=1S/C47H84NO9P/c1-3-5-7-9-11-13-15-17-19-20-21-22-23-24-25-26-28-30-32-34-36-38-40-54-41-44(42-55-58(52,53)56-43-45(48)47(50)51)57-46(49)39-37-35-33-31-29-27-18-16-14-12-10-8-6-4-2/h5,7,11,13,17,19,21-22,24-25,44-45H,3-4,6,8-10,12,14-16,18,20,23,26-43,48H2,1-2H3,(H,50,51)(H,52,53)/b7-5-,13-11-,19-17-,22-21-,25-24-. The zero-order chi connectivity index (χ0) is 42.6. The summed E-state index contributed by atoms with van der Waals surface area (Å²) in [6.45, 7) is 3.74. The van der Waals surface area contributed by atoms with Gasteiger partial charge in [-0.2, -0.15) is 0 Å². The van der Waals surface area contributed by atoms with Crippen molar-refractivity contribution in [2.24, 2.45) is 5.73 Å². The molecule has 4 N–H and O–H groups in total. The normalized spacial score (nSPS) is 14.4. The highest BCUT2D eigenvalue weighted by Gasteiger charge is 2.27. The van der Waals surface area contributed by atoms with Gasteiger partial charge in [0.25, 0.3) is 0 Å². The zero-order valence-electron chi connectivity index (χ0n) is 36.6. The van der Waals surface area contributed by atoms with E-state index in [0.717, 1.165) is 83.5 Å². The Bertz CT molecular complexity index is 1150. The Hall–Kier alpha value is -2.33. The number of phosphoric ester groups is 1. The van der Waals surface area contributed by atoms with Gasteiger partial charge in [-0.25, -0.2) is 4.57 Å². The van der Waals surface area contributed by atoms with Gasteiger partial charge in [0.1, 0.15) is 12.1 Å². The molecule has 0 spiro atoms. The number of hydrogen-bond donors (Lipinski definition) is 3. The van der Waals surface area contributed by atoms with Crippen LogP contribution in [0.5, 0.6) is 0 Å². The van der Waals surface area contributed by atoms with Crippen molar-refractivity contribution in [3.8, 4) is 0 Å². The van der Waals surface area contributed by atoms with Crippen molar-refractivity contribution in [3.05, 3.63) is 60.8 Å². The van der Waals surface area contributed by atoms with Gasteiger partial charge in [-0.1, -0.05) is 184 Å². The molecular weight excluding hydrogens is 753 g/mol. The largest absolute Gasteiger partial charge is 0.480 e. The van der Waals surface area contributed by atoms with Gasteiger partial charge in [-0.15, -0.1) is 0 Å². The summed E-state index contributed by atoms with van der Waals surface area (Å²) in [5.74, 6) is -1.78. The molecule has 58 heavy (non-hydrogen) atoms. The van der Waals surface area contributed by atoms with Gasteiger partial charge in [0.05, 0.1) is 19.8 Å². The molecule has 11 heteroatoms. The molecule has 0 aliphatic rings. The second-order valence-corrected chi connectivity index (χ2v) is 16.6. The number of unbranched alkanes of at least 4 members (excludes halogenated alkanes) is 19. The van der Waals surface area contributed by atoms with Crippen LogP contribution in [0.1, 0.15) is 187 Å². The number of carboxylic acids is 1. The van der Waals surface area contributed by atoms with Crippen molar-refractivity contribution in [1.82, 2.24) is 0 Å². The lowest BCUT2D eigenvalue weighted by Crippen LogP contribution is -2.34. The van der Waals surface area contributed by atoms with Crippen molar-refractivity contribution < 1.29 is 42.7 Å². The summed E-state index contributed by atoms with van der Waals surface area (Å²) in [7, 11) is -4.62. The van der Waals surface area contributed by atoms with E-state index >= 15 is 0 Å². The van der Waals surface area contributed by atoms with Crippen molar-refractivity contribution in [1.29, 1.82) is 0 Å². The fourth-order valence-corrected chi connectivity index (χ4v) is 6.82. The molecule has 336 valence electrons. The maximum Gasteiger partial charge on any atom is 0.472 e. The van der Waals surface area contributed by atoms with E-state index in [2.05, 4.69) is 74.6 Å². The van der Waals surface area contributed by atoms with Crippen LogP contribution in [0.15, 0.2) is 60.8 Å². The van der Waals surface area contributed by atoms with Gasteiger partial charge in [-0.3, -0.25) is 18.6 Å². The predicted molar refractivity (Wildman–Crippen MR) is 240 cm³/mol. The highest BCUT2D eigenvalue weighted by atomic mass is 31.2. The molecule has 10 nitrogen and oxygen atoms in total. The Morgan fingerprint density at radius 1 is 0.569 bits per heavy atom. The average Bonchev–Trinajstić information content (AvgIpc) is 3.20. The molecule has 3 atom stereocenters. The molecule has 0 amide bonds. The smallest absolute Gasteiger partial charge is 0.472 e. The summed E-state index contributed by atoms with van der Waals surface area (Å²) in [6, 6.07) is -1.48. The van der Waals surface area contributed by atoms with Crippen LogP contribution in [0, 0.1) is 0 Å². The average molecular weight is 838 g/mol. The number of hydrogen-bond acceptors (Lipinski definition) is 8. The van der Waals surface area contributed by atoms with E-state index in [1.165, 1.54) is 77.0 Å². The van der Waals surface area contributed by atoms with E-state index in [-0.39, 0.29) is 13.0 Å². The number of rotatable bonds is 43. The van der Waals surface area contributed by atoms with E-state index in [4.69, 9.17) is 29.4 Å². The second kappa shape index (κ2) is 42.8. The number of aliphatic carboxylic acids is 1. The van der Waals surface area contributed by atoms with Crippen LogP contribution in [-0.4, -0.2) is 60.5 Å². The molecule has 0 heterocycles. The van der Waals surface area contributed by atoms with E-state index in [9.17, 15) is 19.0 Å². The summed E-state index contributed by atoms with van der Waals surface area (Å²) in [5, 5.41) is 8.90. The maximum absolute atomic E-state index is 12.6. The van der Waals surface area contributed by atoms with Gasteiger partial charge in [-0.05, 0) is 57.8 Å². The van der Waals surface area contributed by atoms with E-state index in [0.29, 0.717) is 13.0 Å². The third kappa shape index (κ3) is 41.8. The van der Waals surface area contributed by atoms with Crippen LogP contribution in [-0.2, 0) is 32.7 Å². The van der Waals surface area contributed by atoms with Crippen molar-refractivity contribution in [2.75, 3.05) is 26.4 Å². The monoisotopic (exact) mass is 838 g/mol. The quantitative estimate of drug-likeness (QED) is 0.0234. The zero-order valence-corrected chi connectivity index (χ0v) is 37.5. The van der Waals surface area contributed by atoms with Crippen molar-refractivity contribution >= 4 is 19.8 Å². The lowest BCUT2D eigenvalue weighted by Gasteiger charge is -2.20. The molecule has 0 saturated carbocycles. The predicted octanol–water partition coefficient (Wildman–Crippen LogP) is 12.8. The molecule has 0 saturated heterocycles. The van der Waals surface area contributed by atoms with Gasteiger partial charge in [0.2, 0.25) is 0 Å². The first kappa shape index (κ1) is 55.7. The minimum atomic E-state index is -4.62. The summed E-state index contributed by atoms with van der Waals surface area (Å²) >= 11 is 0. The number of carboxylic acid groups (broad SMARTS) is 1. The fourth-order valence-electron chi connectivity index (χ4n) is 6.04. The summed E-state index contributed by atoms with van der Waals surface area (Å²) in [6.07, 6.45) is 51.3. The third-order valence-corrected chi connectivity index (χ3v) is 10.5. The highest BCUT2D eigenvalue weighted by Crippen LogP contribution is 2.43. The summed E-state index contributed by atoms with van der Waals surface area (Å²) in [5.41, 5.74) is 5.36. The molecule has 0 bridgehead atoms. The second-order valence-electron chi connectivity index (χ2n) is 15.2. The highest BCUT2D eigenvalue weighted by molar-refractivity contribution is 7.47. The molecule has 0 aromatic rings. The van der Waals surface area contributed by atoms with Crippen LogP contribution in [0.4, 0.5) is 0 Å². The first-order valence-corrected chi connectivity index (χ1v) is 24.3. The van der Waals surface area contributed by atoms with Gasteiger partial charge in [0.15, 0.2) is 0 Å². The first-order valence-electron chi connectivity index (χ1n) is 22.8. The number of allylic oxidation sites excluding steroid dienone is 10. The minimum Gasteiger partial charge on any atom is -0.480 e. The molecule has 0 aliphatic carbocycles. The molecule has 0 aromatic heterocycles. The number of carbonyl (C=O) groups excluding carboxylic acids is 1. The summed E-state index contributed by atoms with van der Waals surface area (Å²) < 4.78 is 33.4. The fraction of sp³-hybridized carbons (Fsp3) is 0.745. The van der Waals surface area contributed by atoms with Crippen LogP contribution >= 0.6 is 7.82 Å². The van der Waals surface area contributed by atoms with Crippen LogP contribution in [0.3, 0.4) is 0 Å². The number of carbonyl (C=O) groups is 2. The molecule has 0 radical (unpaired) electrons. The Morgan fingerprint density at radius 3 is 1.50 bits per heavy atom. The van der Waals surface area contributed by atoms with Gasteiger partial charge < -0.3 is 25.2 Å². The maximum atomic E-state index is 12.6. The van der Waals surface area contributed by atoms with Crippen molar-refractivity contribution in [3.63, 3.8) is 0 Å². The van der Waals surface area contributed by atoms with E-state index in [1.54, 1.807) is 0 Å². The number of esters is 1. The molecule has 0 aromatic carbocycles. The summed E-state index contributed by atoms with van der Waals surface area (Å²) in [4.78, 5) is 33.6. The Morgan fingerprint density at radius 2 is 1.00 bits per heavy atom. The topological polar surface area (TPSA) is 155 Å². The van der Waals surface area contributed by atoms with Crippen LogP contribution in [0.25, 0.3) is 0 Å².